The first-order chi connectivity index (χ1) is 15.5. The van der Waals surface area contributed by atoms with Crippen LogP contribution in [-0.2, 0) is 16.0 Å². The van der Waals surface area contributed by atoms with Gasteiger partial charge in [-0.2, -0.15) is 4.98 Å². The minimum atomic E-state index is -0.808. The number of hydrogen-bond acceptors (Lipinski definition) is 8. The van der Waals surface area contributed by atoms with Gasteiger partial charge in [-0.3, -0.25) is 19.5 Å². The lowest BCUT2D eigenvalue weighted by molar-refractivity contribution is -0.135. The van der Waals surface area contributed by atoms with Crippen LogP contribution in [0.5, 0.6) is 5.75 Å². The molecule has 0 saturated carbocycles. The average molecular weight is 434 g/mol. The summed E-state index contributed by atoms with van der Waals surface area (Å²) in [5.41, 5.74) is 2.31. The molecule has 1 N–H and O–H groups in total. The number of amides is 2. The predicted octanol–water partition coefficient (Wildman–Crippen LogP) is 2.22. The number of nitrogens with zero attached hydrogens (tertiary/aromatic N) is 3. The number of aromatic nitrogens is 3. The Bertz CT molecular complexity index is 1400. The van der Waals surface area contributed by atoms with Crippen LogP contribution in [0.4, 0.5) is 0 Å². The van der Waals surface area contributed by atoms with Crippen molar-refractivity contribution in [3.05, 3.63) is 64.5 Å². The summed E-state index contributed by atoms with van der Waals surface area (Å²) in [4.78, 5) is 40.6. The number of carbonyl (C=O) groups excluding carboxylic acids is 2. The zero-order chi connectivity index (χ0) is 22.2. The highest BCUT2D eigenvalue weighted by atomic mass is 16.5. The van der Waals surface area contributed by atoms with Crippen molar-refractivity contribution in [2.45, 2.75) is 25.3 Å². The summed E-state index contributed by atoms with van der Waals surface area (Å²) < 4.78 is 17.3. The van der Waals surface area contributed by atoms with E-state index in [4.69, 9.17) is 13.7 Å². The van der Waals surface area contributed by atoms with Gasteiger partial charge in [0.05, 0.1) is 24.6 Å². The van der Waals surface area contributed by atoms with Crippen LogP contribution >= 0.6 is 0 Å². The smallest absolute Gasteiger partial charge is 0.420 e. The van der Waals surface area contributed by atoms with E-state index in [2.05, 4.69) is 15.5 Å². The molecular formula is C22H18N4O6. The van der Waals surface area contributed by atoms with Crippen molar-refractivity contribution in [3.8, 4) is 17.1 Å². The number of imide groups is 1. The minimum absolute atomic E-state index is 0.156. The predicted molar refractivity (Wildman–Crippen MR) is 111 cm³/mol. The monoisotopic (exact) mass is 434 g/mol. The fourth-order valence-corrected chi connectivity index (χ4v) is 3.85. The first kappa shape index (κ1) is 19.7. The number of hydrogen-bond donors (Lipinski definition) is 1. The van der Waals surface area contributed by atoms with E-state index in [0.29, 0.717) is 40.5 Å². The summed E-state index contributed by atoms with van der Waals surface area (Å²) in [5, 5.41) is 6.31. The number of carbonyl (C=O) groups is 2. The van der Waals surface area contributed by atoms with Crippen molar-refractivity contribution < 1.29 is 23.3 Å². The fourth-order valence-electron chi connectivity index (χ4n) is 3.85. The molecule has 10 nitrogen and oxygen atoms in total. The molecule has 1 aliphatic rings. The summed E-state index contributed by atoms with van der Waals surface area (Å²) in [6, 6.07) is 11.7. The van der Waals surface area contributed by atoms with Gasteiger partial charge < -0.3 is 13.7 Å². The Morgan fingerprint density at radius 1 is 1.19 bits per heavy atom. The quantitative estimate of drug-likeness (QED) is 0.473. The Morgan fingerprint density at radius 2 is 2.03 bits per heavy atom. The molecule has 4 aromatic rings. The largest absolute Gasteiger partial charge is 0.496 e. The van der Waals surface area contributed by atoms with E-state index in [-0.39, 0.29) is 18.7 Å². The van der Waals surface area contributed by atoms with Gasteiger partial charge in [0.1, 0.15) is 11.8 Å². The van der Waals surface area contributed by atoms with Gasteiger partial charge in [0.25, 0.3) is 0 Å². The molecule has 1 fully saturated rings. The van der Waals surface area contributed by atoms with Crippen molar-refractivity contribution >= 4 is 22.9 Å². The number of ether oxygens (including phenoxy) is 1. The molecule has 1 atom stereocenters. The Morgan fingerprint density at radius 3 is 2.84 bits per heavy atom. The summed E-state index contributed by atoms with van der Waals surface area (Å²) in [5.74, 6) is -0.105. The van der Waals surface area contributed by atoms with Gasteiger partial charge in [-0.25, -0.2) is 4.79 Å². The number of piperidine rings is 1. The number of rotatable bonds is 5. The maximum Gasteiger partial charge on any atom is 0.420 e. The zero-order valence-electron chi connectivity index (χ0n) is 17.0. The number of fused-ring (bicyclic) bond motifs is 1. The lowest BCUT2D eigenvalue weighted by Gasteiger charge is -2.21. The van der Waals surface area contributed by atoms with Crippen LogP contribution in [0, 0.1) is 0 Å². The molecule has 0 bridgehead atoms. The van der Waals surface area contributed by atoms with E-state index in [0.717, 1.165) is 5.56 Å². The van der Waals surface area contributed by atoms with Gasteiger partial charge in [-0.15, -0.1) is 0 Å². The summed E-state index contributed by atoms with van der Waals surface area (Å²) in [6.07, 6.45) is 0.699. The number of para-hydroxylation sites is 1. The van der Waals surface area contributed by atoms with Gasteiger partial charge in [-0.1, -0.05) is 23.4 Å². The third-order valence-corrected chi connectivity index (χ3v) is 5.37. The maximum atomic E-state index is 12.4. The summed E-state index contributed by atoms with van der Waals surface area (Å²) >= 11 is 0. The van der Waals surface area contributed by atoms with Crippen molar-refractivity contribution in [2.75, 3.05) is 7.11 Å². The second-order valence-electron chi connectivity index (χ2n) is 7.40. The van der Waals surface area contributed by atoms with Crippen LogP contribution in [0.15, 0.2) is 56.2 Å². The van der Waals surface area contributed by atoms with E-state index in [1.807, 2.05) is 24.3 Å². The Hall–Kier alpha value is -4.21. The molecule has 10 heteroatoms. The van der Waals surface area contributed by atoms with Crippen LogP contribution in [0.3, 0.4) is 0 Å². The van der Waals surface area contributed by atoms with Crippen LogP contribution in [0.2, 0.25) is 0 Å². The maximum absolute atomic E-state index is 12.4. The normalized spacial score (nSPS) is 16.3. The second-order valence-corrected chi connectivity index (χ2v) is 7.40. The average Bonchev–Trinajstić information content (AvgIpc) is 3.37. The van der Waals surface area contributed by atoms with Crippen molar-refractivity contribution in [2.24, 2.45) is 0 Å². The minimum Gasteiger partial charge on any atom is -0.496 e. The number of oxazole rings is 1. The molecule has 32 heavy (non-hydrogen) atoms. The molecule has 5 rings (SSSR count). The highest BCUT2D eigenvalue weighted by molar-refractivity contribution is 6.00. The third kappa shape index (κ3) is 3.45. The zero-order valence-corrected chi connectivity index (χ0v) is 17.0. The molecule has 1 unspecified atom stereocenters. The van der Waals surface area contributed by atoms with Crippen LogP contribution < -0.4 is 15.8 Å². The topological polar surface area (TPSA) is 129 Å². The third-order valence-electron chi connectivity index (χ3n) is 5.37. The molecule has 3 heterocycles. The van der Waals surface area contributed by atoms with Gasteiger partial charge in [0.15, 0.2) is 5.58 Å². The van der Waals surface area contributed by atoms with Crippen LogP contribution in [-0.4, -0.2) is 33.6 Å². The van der Waals surface area contributed by atoms with E-state index in [1.165, 1.54) is 4.57 Å². The fraction of sp³-hybridized carbons (Fsp3) is 0.227. The van der Waals surface area contributed by atoms with Gasteiger partial charge in [-0.05, 0) is 36.2 Å². The van der Waals surface area contributed by atoms with E-state index < -0.39 is 17.7 Å². The molecule has 0 aliphatic carbocycles. The lowest BCUT2D eigenvalue weighted by Crippen LogP contribution is -2.43. The Kier molecular flexibility index (Phi) is 4.81. The number of benzene rings is 2. The molecule has 2 amide bonds. The van der Waals surface area contributed by atoms with Crippen molar-refractivity contribution in [1.82, 2.24) is 20.0 Å². The van der Waals surface area contributed by atoms with Crippen LogP contribution in [0.25, 0.3) is 22.5 Å². The Labute approximate surface area is 180 Å². The van der Waals surface area contributed by atoms with E-state index in [1.54, 1.807) is 25.3 Å². The van der Waals surface area contributed by atoms with Gasteiger partial charge >= 0.3 is 5.76 Å². The van der Waals surface area contributed by atoms with E-state index >= 15 is 0 Å². The van der Waals surface area contributed by atoms with Crippen LogP contribution in [0.1, 0.15) is 30.3 Å². The molecule has 0 radical (unpaired) electrons. The standard InChI is InChI=1S/C22H18N4O6/c1-30-16-5-3-2-4-13(16)20-24-19(32-25-20)11-12-6-8-17-15(10-12)26(22(29)31-17)14-7-9-18(27)23-21(14)28/h2-6,8,10,14H,7,9,11H2,1H3,(H,23,27,28). The first-order valence-corrected chi connectivity index (χ1v) is 9.97. The molecule has 2 aromatic carbocycles. The first-order valence-electron chi connectivity index (χ1n) is 9.97. The SMILES string of the molecule is COc1ccccc1-c1noc(Cc2ccc3oc(=O)n(C4CCC(=O)NC4=O)c3c2)n1. The molecule has 1 saturated heterocycles. The molecular weight excluding hydrogens is 416 g/mol. The summed E-state index contributed by atoms with van der Waals surface area (Å²) in [6.45, 7) is 0. The number of nitrogens with one attached hydrogen (secondary N) is 1. The highest BCUT2D eigenvalue weighted by Gasteiger charge is 2.31. The molecule has 2 aromatic heterocycles. The van der Waals surface area contributed by atoms with Gasteiger partial charge in [0, 0.05) is 6.42 Å². The molecule has 162 valence electrons. The molecule has 1 aliphatic heterocycles. The van der Waals surface area contributed by atoms with Crippen molar-refractivity contribution in [3.63, 3.8) is 0 Å². The summed E-state index contributed by atoms with van der Waals surface area (Å²) in [7, 11) is 1.57. The second kappa shape index (κ2) is 7.80. The Balaban J connectivity index is 1.46. The highest BCUT2D eigenvalue weighted by Crippen LogP contribution is 2.28. The van der Waals surface area contributed by atoms with E-state index in [9.17, 15) is 14.4 Å². The lowest BCUT2D eigenvalue weighted by atomic mass is 10.1. The number of methoxy groups -OCH3 is 1. The van der Waals surface area contributed by atoms with Gasteiger partial charge in [0.2, 0.25) is 23.5 Å². The molecule has 0 spiro atoms. The van der Waals surface area contributed by atoms with Crippen molar-refractivity contribution in [1.29, 1.82) is 0 Å².